The van der Waals surface area contributed by atoms with Crippen molar-refractivity contribution in [2.75, 3.05) is 20.0 Å². The molecular weight excluding hydrogens is 348 g/mol. The number of fused-ring (bicyclic) bond motifs is 1. The fraction of sp³-hybridized carbons (Fsp3) is 0.250. The number of rotatable bonds is 7. The lowest BCUT2D eigenvalue weighted by molar-refractivity contribution is 0.101. The van der Waals surface area contributed by atoms with Crippen LogP contribution in [0, 0.1) is 0 Å². The van der Waals surface area contributed by atoms with Crippen molar-refractivity contribution >= 4 is 28.4 Å². The number of thioether (sulfide) groups is 1. The van der Waals surface area contributed by atoms with Gasteiger partial charge in [0, 0.05) is 11.8 Å². The molecule has 0 aliphatic rings. The Bertz CT molecular complexity index is 943. The molecule has 3 aromatic rings. The number of benzene rings is 2. The van der Waals surface area contributed by atoms with E-state index >= 15 is 0 Å². The molecule has 5 nitrogen and oxygen atoms in total. The Balaban J connectivity index is 1.87. The summed E-state index contributed by atoms with van der Waals surface area (Å²) in [6, 6.07) is 13.1. The molecule has 0 saturated carbocycles. The molecule has 0 aliphatic carbocycles. The molecule has 26 heavy (non-hydrogen) atoms. The Morgan fingerprint density at radius 2 is 1.88 bits per heavy atom. The Hall–Kier alpha value is -2.60. The molecule has 0 aliphatic heterocycles. The van der Waals surface area contributed by atoms with Gasteiger partial charge in [0.05, 0.1) is 31.1 Å². The monoisotopic (exact) mass is 368 g/mol. The maximum absolute atomic E-state index is 12.8. The van der Waals surface area contributed by atoms with E-state index in [4.69, 9.17) is 9.47 Å². The summed E-state index contributed by atoms with van der Waals surface area (Å²) in [6.45, 7) is 2.02. The molecule has 0 radical (unpaired) electrons. The molecule has 0 amide bonds. The summed E-state index contributed by atoms with van der Waals surface area (Å²) in [7, 11) is 3.13. The molecule has 2 aromatic carbocycles. The predicted molar refractivity (Wildman–Crippen MR) is 104 cm³/mol. The second kappa shape index (κ2) is 8.19. The highest BCUT2D eigenvalue weighted by Gasteiger charge is 2.16. The van der Waals surface area contributed by atoms with Crippen molar-refractivity contribution in [1.29, 1.82) is 0 Å². The van der Waals surface area contributed by atoms with E-state index in [1.807, 2.05) is 31.2 Å². The third-order valence-corrected chi connectivity index (χ3v) is 4.97. The van der Waals surface area contributed by atoms with E-state index in [1.54, 1.807) is 32.4 Å². The van der Waals surface area contributed by atoms with E-state index in [2.05, 4.69) is 9.97 Å². The van der Waals surface area contributed by atoms with Gasteiger partial charge < -0.3 is 9.47 Å². The number of nitrogens with zero attached hydrogens (tertiary/aromatic N) is 2. The third kappa shape index (κ3) is 3.80. The van der Waals surface area contributed by atoms with Crippen molar-refractivity contribution in [3.63, 3.8) is 0 Å². The van der Waals surface area contributed by atoms with Gasteiger partial charge in [0.25, 0.3) is 0 Å². The Labute approximate surface area is 156 Å². The van der Waals surface area contributed by atoms with E-state index < -0.39 is 0 Å². The van der Waals surface area contributed by atoms with Gasteiger partial charge in [-0.25, -0.2) is 9.97 Å². The number of aryl methyl sites for hydroxylation is 1. The maximum atomic E-state index is 12.8. The molecule has 0 bridgehead atoms. The molecule has 1 aromatic heterocycles. The van der Waals surface area contributed by atoms with Crippen molar-refractivity contribution in [2.24, 2.45) is 0 Å². The van der Waals surface area contributed by atoms with E-state index in [-0.39, 0.29) is 11.5 Å². The number of Topliss-reactive ketones (excluding diaryl/α,β-unsaturated/α-hetero) is 1. The van der Waals surface area contributed by atoms with E-state index in [0.717, 1.165) is 28.2 Å². The normalized spacial score (nSPS) is 10.7. The highest BCUT2D eigenvalue weighted by molar-refractivity contribution is 8.00. The van der Waals surface area contributed by atoms with Gasteiger partial charge in [0.1, 0.15) is 22.3 Å². The number of hydrogen-bond donors (Lipinski definition) is 0. The maximum Gasteiger partial charge on any atom is 0.176 e. The minimum atomic E-state index is -0.0357. The van der Waals surface area contributed by atoms with Crippen molar-refractivity contribution in [3.05, 3.63) is 53.9 Å². The Morgan fingerprint density at radius 3 is 2.62 bits per heavy atom. The van der Waals surface area contributed by atoms with Crippen LogP contribution in [-0.4, -0.2) is 35.7 Å². The van der Waals surface area contributed by atoms with Gasteiger partial charge in [-0.15, -0.1) is 0 Å². The van der Waals surface area contributed by atoms with Crippen LogP contribution in [-0.2, 0) is 6.42 Å². The minimum absolute atomic E-state index is 0.0357. The second-order valence-corrected chi connectivity index (χ2v) is 6.56. The first-order valence-corrected chi connectivity index (χ1v) is 9.28. The van der Waals surface area contributed by atoms with Crippen LogP contribution in [0.3, 0.4) is 0 Å². The summed E-state index contributed by atoms with van der Waals surface area (Å²) in [5.74, 6) is 2.16. The van der Waals surface area contributed by atoms with Crippen LogP contribution in [0.4, 0.5) is 0 Å². The molecule has 1 heterocycles. The lowest BCUT2D eigenvalue weighted by Gasteiger charge is -2.10. The number of ketones is 1. The van der Waals surface area contributed by atoms with Crippen LogP contribution in [0.5, 0.6) is 11.5 Å². The van der Waals surface area contributed by atoms with Crippen molar-refractivity contribution in [3.8, 4) is 11.5 Å². The van der Waals surface area contributed by atoms with Crippen LogP contribution < -0.4 is 9.47 Å². The molecule has 3 rings (SSSR count). The summed E-state index contributed by atoms with van der Waals surface area (Å²) < 4.78 is 10.5. The highest BCUT2D eigenvalue weighted by Crippen LogP contribution is 2.29. The van der Waals surface area contributed by atoms with Gasteiger partial charge in [-0.3, -0.25) is 4.79 Å². The SMILES string of the molecule is CCc1nc(SCC(=O)c2cc(OC)ccc2OC)c2ccccc2n1. The first-order valence-electron chi connectivity index (χ1n) is 8.30. The molecule has 0 unspecified atom stereocenters. The molecule has 6 heteroatoms. The molecule has 0 saturated heterocycles. The van der Waals surface area contributed by atoms with Crippen molar-refractivity contribution in [1.82, 2.24) is 9.97 Å². The van der Waals surface area contributed by atoms with Gasteiger partial charge in [0.15, 0.2) is 5.78 Å². The Kier molecular flexibility index (Phi) is 5.73. The van der Waals surface area contributed by atoms with Gasteiger partial charge in [-0.05, 0) is 24.3 Å². The average Bonchev–Trinajstić information content (AvgIpc) is 2.70. The summed E-state index contributed by atoms with van der Waals surface area (Å²) in [5, 5.41) is 1.78. The predicted octanol–water partition coefficient (Wildman–Crippen LogP) is 4.18. The fourth-order valence-electron chi connectivity index (χ4n) is 2.61. The van der Waals surface area contributed by atoms with E-state index in [0.29, 0.717) is 17.1 Å². The zero-order chi connectivity index (χ0) is 18.5. The fourth-order valence-corrected chi connectivity index (χ4v) is 3.53. The molecule has 134 valence electrons. The van der Waals surface area contributed by atoms with Gasteiger partial charge in [-0.1, -0.05) is 36.9 Å². The lowest BCUT2D eigenvalue weighted by atomic mass is 10.1. The summed E-state index contributed by atoms with van der Waals surface area (Å²) in [6.07, 6.45) is 0.746. The minimum Gasteiger partial charge on any atom is -0.497 e. The molecule has 0 N–H and O–H groups in total. The smallest absolute Gasteiger partial charge is 0.176 e. The highest BCUT2D eigenvalue weighted by atomic mass is 32.2. The van der Waals surface area contributed by atoms with E-state index in [9.17, 15) is 4.79 Å². The largest absolute Gasteiger partial charge is 0.497 e. The number of carbonyl (C=O) groups is 1. The van der Waals surface area contributed by atoms with Gasteiger partial charge >= 0.3 is 0 Å². The quantitative estimate of drug-likeness (QED) is 0.354. The number of aromatic nitrogens is 2. The molecule has 0 fully saturated rings. The number of methoxy groups -OCH3 is 2. The van der Waals surface area contributed by atoms with Gasteiger partial charge in [-0.2, -0.15) is 0 Å². The number of para-hydroxylation sites is 1. The number of carbonyl (C=O) groups excluding carboxylic acids is 1. The molecule has 0 atom stereocenters. The van der Waals surface area contributed by atoms with Crippen LogP contribution in [0.2, 0.25) is 0 Å². The first kappa shape index (κ1) is 18.2. The van der Waals surface area contributed by atoms with Crippen LogP contribution in [0.15, 0.2) is 47.5 Å². The zero-order valence-electron chi connectivity index (χ0n) is 15.0. The topological polar surface area (TPSA) is 61.3 Å². The Morgan fingerprint density at radius 1 is 1.08 bits per heavy atom. The second-order valence-electron chi connectivity index (χ2n) is 5.59. The standard InChI is InChI=1S/C20H20N2O3S/c1-4-19-21-16-8-6-5-7-14(16)20(22-19)26-12-17(23)15-11-13(24-2)9-10-18(15)25-3/h5-11H,4,12H2,1-3H3. The van der Waals surface area contributed by atoms with Crippen LogP contribution >= 0.6 is 11.8 Å². The van der Waals surface area contributed by atoms with Gasteiger partial charge in [0.2, 0.25) is 0 Å². The lowest BCUT2D eigenvalue weighted by Crippen LogP contribution is -2.06. The molecular formula is C20H20N2O3S. The molecule has 0 spiro atoms. The summed E-state index contributed by atoms with van der Waals surface area (Å²) >= 11 is 1.42. The average molecular weight is 368 g/mol. The summed E-state index contributed by atoms with van der Waals surface area (Å²) in [5.41, 5.74) is 1.40. The van der Waals surface area contributed by atoms with Crippen LogP contribution in [0.25, 0.3) is 10.9 Å². The zero-order valence-corrected chi connectivity index (χ0v) is 15.8. The van der Waals surface area contributed by atoms with Crippen molar-refractivity contribution < 1.29 is 14.3 Å². The number of ether oxygens (including phenoxy) is 2. The van der Waals surface area contributed by atoms with Crippen molar-refractivity contribution in [2.45, 2.75) is 18.4 Å². The summed E-state index contributed by atoms with van der Waals surface area (Å²) in [4.78, 5) is 21.9. The van der Waals surface area contributed by atoms with E-state index in [1.165, 1.54) is 11.8 Å². The third-order valence-electron chi connectivity index (χ3n) is 3.98. The van der Waals surface area contributed by atoms with Crippen LogP contribution in [0.1, 0.15) is 23.1 Å². The number of hydrogen-bond acceptors (Lipinski definition) is 6. The first-order chi connectivity index (χ1) is 12.7.